The number of amides is 1. The average Bonchev–Trinajstić information content (AvgIpc) is 3.29. The quantitative estimate of drug-likeness (QED) is 0.910. The van der Waals surface area contributed by atoms with Crippen molar-refractivity contribution in [3.63, 3.8) is 0 Å². The van der Waals surface area contributed by atoms with Gasteiger partial charge in [-0.1, -0.05) is 0 Å². The zero-order valence-corrected chi connectivity index (χ0v) is 13.5. The molecule has 1 aromatic carbocycles. The van der Waals surface area contributed by atoms with Crippen molar-refractivity contribution in [1.29, 1.82) is 0 Å². The lowest BCUT2D eigenvalue weighted by atomic mass is 10.0. The molecule has 120 valence electrons. The van der Waals surface area contributed by atoms with Gasteiger partial charge in [0.1, 0.15) is 5.75 Å². The van der Waals surface area contributed by atoms with Crippen LogP contribution in [0.3, 0.4) is 0 Å². The Hall–Kier alpha value is -1.55. The van der Waals surface area contributed by atoms with Crippen LogP contribution in [0.5, 0.6) is 5.75 Å². The Kier molecular flexibility index (Phi) is 4.39. The number of hydrogen-bond acceptors (Lipinski definition) is 3. The molecule has 0 bridgehead atoms. The van der Waals surface area contributed by atoms with Crippen molar-refractivity contribution in [3.8, 4) is 5.75 Å². The number of ether oxygens (including phenoxy) is 1. The van der Waals surface area contributed by atoms with E-state index in [9.17, 15) is 4.79 Å². The number of nitrogens with two attached hydrogens (primary N) is 1. The van der Waals surface area contributed by atoms with E-state index >= 15 is 0 Å². The van der Waals surface area contributed by atoms with Crippen LogP contribution in [0.15, 0.2) is 24.3 Å². The maximum Gasteiger partial charge on any atom is 0.230 e. The van der Waals surface area contributed by atoms with E-state index in [1.165, 1.54) is 12.8 Å². The summed E-state index contributed by atoms with van der Waals surface area (Å²) in [5.41, 5.74) is 6.98. The molecule has 3 unspecified atom stereocenters. The molecule has 0 aliphatic heterocycles. The molecule has 2 aliphatic carbocycles. The van der Waals surface area contributed by atoms with Gasteiger partial charge in [0.15, 0.2) is 0 Å². The van der Waals surface area contributed by atoms with Gasteiger partial charge in [0.05, 0.1) is 7.11 Å². The van der Waals surface area contributed by atoms with Crippen molar-refractivity contribution in [2.75, 3.05) is 12.0 Å². The fraction of sp³-hybridized carbons (Fsp3) is 0.611. The minimum absolute atomic E-state index is 0.0818. The lowest BCUT2D eigenvalue weighted by Crippen LogP contribution is -2.43. The molecule has 2 N–H and O–H groups in total. The topological polar surface area (TPSA) is 55.6 Å². The first-order valence-electron chi connectivity index (χ1n) is 8.33. The number of nitrogens with zero attached hydrogens (tertiary/aromatic N) is 1. The third kappa shape index (κ3) is 3.12. The normalized spacial score (nSPS) is 25.8. The van der Waals surface area contributed by atoms with Crippen LogP contribution in [0.1, 0.15) is 39.0 Å². The van der Waals surface area contributed by atoms with Gasteiger partial charge in [0.25, 0.3) is 0 Å². The van der Waals surface area contributed by atoms with Crippen LogP contribution < -0.4 is 15.4 Å². The van der Waals surface area contributed by atoms with Crippen molar-refractivity contribution < 1.29 is 9.53 Å². The lowest BCUT2D eigenvalue weighted by molar-refractivity contribution is -0.122. The van der Waals surface area contributed by atoms with Gasteiger partial charge in [0.2, 0.25) is 5.91 Å². The zero-order chi connectivity index (χ0) is 15.7. The number of benzene rings is 1. The summed E-state index contributed by atoms with van der Waals surface area (Å²) in [6.07, 6.45) is 5.16. The molecule has 3 rings (SSSR count). The van der Waals surface area contributed by atoms with Gasteiger partial charge in [0, 0.05) is 23.7 Å². The van der Waals surface area contributed by atoms with Crippen molar-refractivity contribution in [1.82, 2.24) is 0 Å². The highest BCUT2D eigenvalue weighted by atomic mass is 16.5. The van der Waals surface area contributed by atoms with Gasteiger partial charge < -0.3 is 15.4 Å². The van der Waals surface area contributed by atoms with E-state index < -0.39 is 0 Å². The van der Waals surface area contributed by atoms with E-state index in [2.05, 4.69) is 6.92 Å². The maximum atomic E-state index is 13.1. The van der Waals surface area contributed by atoms with Crippen molar-refractivity contribution in [3.05, 3.63) is 24.3 Å². The number of methoxy groups -OCH3 is 1. The Balaban J connectivity index is 1.83. The molecule has 0 spiro atoms. The third-order valence-electron chi connectivity index (χ3n) is 5.12. The van der Waals surface area contributed by atoms with Gasteiger partial charge in [-0.05, 0) is 69.2 Å². The van der Waals surface area contributed by atoms with Crippen LogP contribution >= 0.6 is 0 Å². The van der Waals surface area contributed by atoms with Crippen molar-refractivity contribution >= 4 is 11.6 Å². The number of anilines is 1. The van der Waals surface area contributed by atoms with Crippen LogP contribution in [0.2, 0.25) is 0 Å². The highest BCUT2D eigenvalue weighted by Gasteiger charge is 2.39. The number of carbonyl (C=O) groups is 1. The molecular formula is C18H26N2O2. The lowest BCUT2D eigenvalue weighted by Gasteiger charge is -2.32. The Morgan fingerprint density at radius 1 is 1.23 bits per heavy atom. The average molecular weight is 302 g/mol. The fourth-order valence-electron chi connectivity index (χ4n) is 3.53. The minimum Gasteiger partial charge on any atom is -0.497 e. The highest BCUT2D eigenvalue weighted by molar-refractivity contribution is 5.96. The second-order valence-corrected chi connectivity index (χ2v) is 6.75. The Labute approximate surface area is 132 Å². The number of hydrogen-bond donors (Lipinski definition) is 1. The molecule has 0 radical (unpaired) electrons. The summed E-state index contributed by atoms with van der Waals surface area (Å²) in [4.78, 5) is 15.1. The first-order chi connectivity index (χ1) is 10.6. The van der Waals surface area contributed by atoms with Gasteiger partial charge in [-0.3, -0.25) is 4.79 Å². The summed E-state index contributed by atoms with van der Waals surface area (Å²) >= 11 is 0. The van der Waals surface area contributed by atoms with Crippen LogP contribution in [-0.2, 0) is 4.79 Å². The van der Waals surface area contributed by atoms with Crippen molar-refractivity contribution in [2.45, 2.75) is 51.1 Å². The molecule has 4 nitrogen and oxygen atoms in total. The van der Waals surface area contributed by atoms with Crippen molar-refractivity contribution in [2.24, 2.45) is 17.6 Å². The molecule has 0 aromatic heterocycles. The Morgan fingerprint density at radius 2 is 1.91 bits per heavy atom. The second-order valence-electron chi connectivity index (χ2n) is 6.75. The summed E-state index contributed by atoms with van der Waals surface area (Å²) in [5.74, 6) is 1.79. The molecule has 4 heteroatoms. The molecule has 0 saturated heterocycles. The third-order valence-corrected chi connectivity index (χ3v) is 5.12. The summed E-state index contributed by atoms with van der Waals surface area (Å²) < 4.78 is 5.22. The zero-order valence-electron chi connectivity index (χ0n) is 13.5. The predicted molar refractivity (Wildman–Crippen MR) is 88.0 cm³/mol. The smallest absolute Gasteiger partial charge is 0.230 e. The molecule has 2 fully saturated rings. The first kappa shape index (κ1) is 15.3. The van der Waals surface area contributed by atoms with Gasteiger partial charge in [-0.2, -0.15) is 0 Å². The van der Waals surface area contributed by atoms with E-state index in [0.717, 1.165) is 30.7 Å². The molecular weight excluding hydrogens is 276 g/mol. The summed E-state index contributed by atoms with van der Waals surface area (Å²) in [6.45, 7) is 2.18. The fourth-order valence-corrected chi connectivity index (χ4v) is 3.53. The first-order valence-corrected chi connectivity index (χ1v) is 8.33. The molecule has 1 aromatic rings. The largest absolute Gasteiger partial charge is 0.497 e. The summed E-state index contributed by atoms with van der Waals surface area (Å²) in [7, 11) is 1.66. The van der Waals surface area contributed by atoms with Crippen LogP contribution in [0.25, 0.3) is 0 Å². The van der Waals surface area contributed by atoms with E-state index in [1.807, 2.05) is 29.2 Å². The number of carbonyl (C=O) groups excluding carboxylic acids is 1. The maximum absolute atomic E-state index is 13.1. The SMILES string of the molecule is COc1ccc(N(C(=O)C2CCC(N)C2)C(C)C2CC2)cc1. The van der Waals surface area contributed by atoms with Crippen LogP contribution in [0, 0.1) is 11.8 Å². The molecule has 0 heterocycles. The van der Waals surface area contributed by atoms with Gasteiger partial charge >= 0.3 is 0 Å². The molecule has 2 aliphatic rings. The number of rotatable bonds is 5. The summed E-state index contributed by atoms with van der Waals surface area (Å²) in [6, 6.07) is 8.28. The van der Waals surface area contributed by atoms with Gasteiger partial charge in [-0.25, -0.2) is 0 Å². The van der Waals surface area contributed by atoms with Crippen LogP contribution in [0.4, 0.5) is 5.69 Å². The van der Waals surface area contributed by atoms with Crippen LogP contribution in [-0.4, -0.2) is 25.1 Å². The molecule has 1 amide bonds. The monoisotopic (exact) mass is 302 g/mol. The minimum atomic E-state index is 0.0818. The Morgan fingerprint density at radius 3 is 2.41 bits per heavy atom. The standard InChI is InChI=1S/C18H26N2O2/c1-12(13-3-4-13)20(16-7-9-17(22-2)10-8-16)18(21)14-5-6-15(19)11-14/h7-10,12-15H,3-6,11,19H2,1-2H3. The molecule has 22 heavy (non-hydrogen) atoms. The van der Waals surface area contributed by atoms with E-state index in [-0.39, 0.29) is 23.9 Å². The highest BCUT2D eigenvalue weighted by Crippen LogP contribution is 2.39. The Bertz CT molecular complexity index is 524. The molecule has 3 atom stereocenters. The van der Waals surface area contributed by atoms with Gasteiger partial charge in [-0.15, -0.1) is 0 Å². The van der Waals surface area contributed by atoms with E-state index in [4.69, 9.17) is 10.5 Å². The van der Waals surface area contributed by atoms with E-state index in [1.54, 1.807) is 7.11 Å². The second kappa shape index (κ2) is 6.29. The molecule has 2 saturated carbocycles. The van der Waals surface area contributed by atoms with E-state index in [0.29, 0.717) is 5.92 Å². The predicted octanol–water partition coefficient (Wildman–Crippen LogP) is 2.95. The summed E-state index contributed by atoms with van der Waals surface area (Å²) in [5, 5.41) is 0.